The summed E-state index contributed by atoms with van der Waals surface area (Å²) < 4.78 is 0. The van der Waals surface area contributed by atoms with Crippen LogP contribution in [-0.4, -0.2) is 44.0 Å². The van der Waals surface area contributed by atoms with E-state index in [1.807, 2.05) is 11.3 Å². The second-order valence-corrected chi connectivity index (χ2v) is 7.84. The Morgan fingerprint density at radius 3 is 2.37 bits per heavy atom. The average Bonchev–Trinajstić information content (AvgIpc) is 3.02. The number of rotatable bonds is 2. The highest BCUT2D eigenvalue weighted by Gasteiger charge is 2.47. The summed E-state index contributed by atoms with van der Waals surface area (Å²) in [6, 6.07) is 4.54. The molecule has 2 fully saturated rings. The number of likely N-dealkylation sites (tertiary alicyclic amines) is 1. The van der Waals surface area contributed by atoms with Crippen molar-refractivity contribution in [3.63, 3.8) is 0 Å². The Kier molecular flexibility index (Phi) is 3.48. The molecule has 1 spiro atoms. The third-order valence-corrected chi connectivity index (χ3v) is 6.67. The van der Waals surface area contributed by atoms with Crippen LogP contribution in [0.3, 0.4) is 0 Å². The predicted molar refractivity (Wildman–Crippen MR) is 82.7 cm³/mol. The molecular weight excluding hydrogens is 252 g/mol. The molecule has 3 heteroatoms. The molecule has 1 aliphatic carbocycles. The van der Waals surface area contributed by atoms with Crippen molar-refractivity contribution in [3.8, 4) is 0 Å². The van der Waals surface area contributed by atoms with Gasteiger partial charge in [-0.15, -0.1) is 11.3 Å². The second-order valence-electron chi connectivity index (χ2n) is 6.89. The van der Waals surface area contributed by atoms with Crippen LogP contribution in [0.2, 0.25) is 0 Å². The molecule has 19 heavy (non-hydrogen) atoms. The van der Waals surface area contributed by atoms with Crippen LogP contribution in [0.5, 0.6) is 0 Å². The minimum absolute atomic E-state index is 0.306. The highest BCUT2D eigenvalue weighted by molar-refractivity contribution is 7.10. The molecule has 0 bridgehead atoms. The van der Waals surface area contributed by atoms with Crippen LogP contribution >= 0.6 is 11.3 Å². The van der Waals surface area contributed by atoms with E-state index in [4.69, 9.17) is 0 Å². The lowest BCUT2D eigenvalue weighted by molar-refractivity contribution is 0.0419. The molecule has 0 aromatic carbocycles. The van der Waals surface area contributed by atoms with Gasteiger partial charge in [0, 0.05) is 11.4 Å². The fraction of sp³-hybridized carbons (Fsp3) is 0.750. The molecular formula is C16H26N2S. The van der Waals surface area contributed by atoms with E-state index < -0.39 is 0 Å². The first-order valence-electron chi connectivity index (χ1n) is 7.46. The number of hydrogen-bond acceptors (Lipinski definition) is 3. The number of nitrogens with zero attached hydrogens (tertiary/aromatic N) is 2. The van der Waals surface area contributed by atoms with Crippen molar-refractivity contribution in [2.24, 2.45) is 5.41 Å². The average molecular weight is 278 g/mol. The molecule has 1 saturated carbocycles. The molecule has 0 unspecified atom stereocenters. The van der Waals surface area contributed by atoms with Crippen LogP contribution in [-0.2, 0) is 5.54 Å². The second kappa shape index (κ2) is 4.87. The molecule has 2 nitrogen and oxygen atoms in total. The van der Waals surface area contributed by atoms with Gasteiger partial charge >= 0.3 is 0 Å². The van der Waals surface area contributed by atoms with Crippen molar-refractivity contribution >= 4 is 11.3 Å². The minimum atomic E-state index is 0.306. The molecule has 0 amide bonds. The van der Waals surface area contributed by atoms with Gasteiger partial charge in [-0.05, 0) is 76.7 Å². The van der Waals surface area contributed by atoms with Crippen molar-refractivity contribution in [2.45, 2.75) is 37.6 Å². The van der Waals surface area contributed by atoms with Gasteiger partial charge in [-0.25, -0.2) is 0 Å². The standard InChI is InChI=1S/C16H26N2S/c1-17(2)16(14-5-4-12-19-14)8-6-15(7-9-16)10-11-18(3)13-15/h4-5,12H,6-11,13H2,1-3H3. The first kappa shape index (κ1) is 13.6. The lowest BCUT2D eigenvalue weighted by Gasteiger charge is -2.48. The third-order valence-electron chi connectivity index (χ3n) is 5.60. The molecule has 2 heterocycles. The van der Waals surface area contributed by atoms with E-state index in [1.165, 1.54) is 45.2 Å². The van der Waals surface area contributed by atoms with E-state index in [-0.39, 0.29) is 0 Å². The quantitative estimate of drug-likeness (QED) is 0.818. The molecule has 1 saturated heterocycles. The van der Waals surface area contributed by atoms with Gasteiger partial charge in [0.15, 0.2) is 0 Å². The van der Waals surface area contributed by atoms with Gasteiger partial charge in [0.2, 0.25) is 0 Å². The van der Waals surface area contributed by atoms with E-state index in [2.05, 4.69) is 48.5 Å². The zero-order valence-electron chi connectivity index (χ0n) is 12.5. The van der Waals surface area contributed by atoms with E-state index in [0.717, 1.165) is 0 Å². The Morgan fingerprint density at radius 2 is 1.89 bits per heavy atom. The summed E-state index contributed by atoms with van der Waals surface area (Å²) in [5.74, 6) is 0. The molecule has 1 aromatic rings. The highest BCUT2D eigenvalue weighted by atomic mass is 32.1. The Morgan fingerprint density at radius 1 is 1.16 bits per heavy atom. The summed E-state index contributed by atoms with van der Waals surface area (Å²) in [5.41, 5.74) is 0.937. The van der Waals surface area contributed by atoms with Crippen LogP contribution in [0.25, 0.3) is 0 Å². The Labute approximate surface area is 121 Å². The first-order chi connectivity index (χ1) is 9.06. The fourth-order valence-corrected chi connectivity index (χ4v) is 5.29. The van der Waals surface area contributed by atoms with Crippen LogP contribution in [0, 0.1) is 5.41 Å². The van der Waals surface area contributed by atoms with Crippen molar-refractivity contribution in [3.05, 3.63) is 22.4 Å². The molecule has 3 rings (SSSR count). The normalized spacial score (nSPS) is 36.4. The smallest absolute Gasteiger partial charge is 0.0549 e. The summed E-state index contributed by atoms with van der Waals surface area (Å²) >= 11 is 1.94. The maximum Gasteiger partial charge on any atom is 0.0549 e. The highest BCUT2D eigenvalue weighted by Crippen LogP contribution is 2.52. The van der Waals surface area contributed by atoms with E-state index >= 15 is 0 Å². The van der Waals surface area contributed by atoms with Gasteiger partial charge in [-0.1, -0.05) is 6.07 Å². The topological polar surface area (TPSA) is 6.48 Å². The third kappa shape index (κ3) is 2.26. The van der Waals surface area contributed by atoms with Crippen LogP contribution < -0.4 is 0 Å². The maximum atomic E-state index is 2.52. The monoisotopic (exact) mass is 278 g/mol. The number of hydrogen-bond donors (Lipinski definition) is 0. The van der Waals surface area contributed by atoms with Gasteiger partial charge in [0.1, 0.15) is 0 Å². The van der Waals surface area contributed by atoms with E-state index in [9.17, 15) is 0 Å². The van der Waals surface area contributed by atoms with Crippen molar-refractivity contribution < 1.29 is 0 Å². The summed E-state index contributed by atoms with van der Waals surface area (Å²) in [6.45, 7) is 2.62. The molecule has 0 radical (unpaired) electrons. The SMILES string of the molecule is CN1CCC2(CCC(c3cccs3)(N(C)C)CC2)C1. The number of thiophene rings is 1. The van der Waals surface area contributed by atoms with Crippen molar-refractivity contribution in [1.29, 1.82) is 0 Å². The van der Waals surface area contributed by atoms with Crippen LogP contribution in [0.4, 0.5) is 0 Å². The van der Waals surface area contributed by atoms with Gasteiger partial charge in [-0.2, -0.15) is 0 Å². The maximum absolute atomic E-state index is 2.52. The van der Waals surface area contributed by atoms with Gasteiger partial charge in [-0.3, -0.25) is 4.90 Å². The summed E-state index contributed by atoms with van der Waals surface area (Å²) in [6.07, 6.45) is 6.86. The minimum Gasteiger partial charge on any atom is -0.306 e. The zero-order valence-corrected chi connectivity index (χ0v) is 13.3. The summed E-state index contributed by atoms with van der Waals surface area (Å²) in [4.78, 5) is 6.57. The van der Waals surface area contributed by atoms with Crippen molar-refractivity contribution in [2.75, 3.05) is 34.2 Å². The molecule has 1 aromatic heterocycles. The Balaban J connectivity index is 1.80. The zero-order chi connectivity index (χ0) is 13.5. The predicted octanol–water partition coefficient (Wildman–Crippen LogP) is 3.40. The molecule has 1 aliphatic heterocycles. The van der Waals surface area contributed by atoms with E-state index in [1.54, 1.807) is 4.88 Å². The fourth-order valence-electron chi connectivity index (χ4n) is 4.22. The van der Waals surface area contributed by atoms with Crippen LogP contribution in [0.1, 0.15) is 37.0 Å². The molecule has 0 atom stereocenters. The van der Waals surface area contributed by atoms with Gasteiger partial charge in [0.05, 0.1) is 5.54 Å². The van der Waals surface area contributed by atoms with E-state index in [0.29, 0.717) is 11.0 Å². The van der Waals surface area contributed by atoms with Gasteiger partial charge < -0.3 is 4.90 Å². The summed E-state index contributed by atoms with van der Waals surface area (Å²) in [7, 11) is 6.80. The van der Waals surface area contributed by atoms with Crippen molar-refractivity contribution in [1.82, 2.24) is 9.80 Å². The molecule has 0 N–H and O–H groups in total. The molecule has 106 valence electrons. The van der Waals surface area contributed by atoms with Crippen LogP contribution in [0.15, 0.2) is 17.5 Å². The molecule has 2 aliphatic rings. The first-order valence-corrected chi connectivity index (χ1v) is 8.34. The Hall–Kier alpha value is -0.380. The lowest BCUT2D eigenvalue weighted by Crippen LogP contribution is -2.46. The Bertz CT molecular complexity index is 416. The van der Waals surface area contributed by atoms with Gasteiger partial charge in [0.25, 0.3) is 0 Å². The summed E-state index contributed by atoms with van der Waals surface area (Å²) in [5, 5.41) is 2.23. The largest absolute Gasteiger partial charge is 0.306 e. The lowest BCUT2D eigenvalue weighted by atomic mass is 9.66.